The number of ketones is 1. The Hall–Kier alpha value is -1.68. The number of Topliss-reactive ketones (excluding diaryl/α,β-unsaturated/α-hetero) is 1. The summed E-state index contributed by atoms with van der Waals surface area (Å²) in [6, 6.07) is 12.9. The standard InChI is InChI=1S/C16H16O3S/c17-14-6-3-7-15(11-14)20(18,19)16-9-8-12-4-1-2-5-13(12)10-16/h1-2,4-5,8-10,15H,3,6-7,11H2. The van der Waals surface area contributed by atoms with Gasteiger partial charge in [-0.05, 0) is 35.7 Å². The molecule has 1 saturated carbocycles. The van der Waals surface area contributed by atoms with E-state index in [9.17, 15) is 13.2 Å². The normalized spacial score (nSPS) is 20.2. The molecule has 3 rings (SSSR count). The van der Waals surface area contributed by atoms with Crippen molar-refractivity contribution in [3.63, 3.8) is 0 Å². The summed E-state index contributed by atoms with van der Waals surface area (Å²) in [6.07, 6.45) is 1.94. The zero-order chi connectivity index (χ0) is 14.2. The number of carbonyl (C=O) groups excluding carboxylic acids is 1. The van der Waals surface area contributed by atoms with Crippen LogP contribution in [0.1, 0.15) is 25.7 Å². The van der Waals surface area contributed by atoms with Crippen molar-refractivity contribution in [2.75, 3.05) is 0 Å². The highest BCUT2D eigenvalue weighted by atomic mass is 32.2. The first-order chi connectivity index (χ1) is 9.57. The molecule has 104 valence electrons. The Kier molecular flexibility index (Phi) is 3.34. The van der Waals surface area contributed by atoms with Crippen LogP contribution in [0.15, 0.2) is 47.4 Å². The minimum Gasteiger partial charge on any atom is -0.300 e. The van der Waals surface area contributed by atoms with Gasteiger partial charge in [0.1, 0.15) is 5.78 Å². The molecule has 0 amide bonds. The highest BCUT2D eigenvalue weighted by Crippen LogP contribution is 2.28. The third-order valence-electron chi connectivity index (χ3n) is 3.93. The van der Waals surface area contributed by atoms with Crippen molar-refractivity contribution in [2.24, 2.45) is 0 Å². The molecule has 1 atom stereocenters. The zero-order valence-corrected chi connectivity index (χ0v) is 11.9. The number of fused-ring (bicyclic) bond motifs is 1. The lowest BCUT2D eigenvalue weighted by molar-refractivity contribution is -0.120. The van der Waals surface area contributed by atoms with Crippen molar-refractivity contribution in [3.05, 3.63) is 42.5 Å². The Bertz CT molecular complexity index is 762. The molecule has 2 aromatic rings. The average molecular weight is 288 g/mol. The van der Waals surface area contributed by atoms with Gasteiger partial charge in [-0.1, -0.05) is 30.3 Å². The van der Waals surface area contributed by atoms with Gasteiger partial charge in [0.15, 0.2) is 9.84 Å². The molecule has 0 saturated heterocycles. The maximum absolute atomic E-state index is 12.6. The molecular weight excluding hydrogens is 272 g/mol. The lowest BCUT2D eigenvalue weighted by atomic mass is 9.99. The van der Waals surface area contributed by atoms with Crippen LogP contribution in [0.25, 0.3) is 10.8 Å². The average Bonchev–Trinajstić information content (AvgIpc) is 2.46. The Balaban J connectivity index is 2.02. The van der Waals surface area contributed by atoms with Gasteiger partial charge in [0.2, 0.25) is 0 Å². The molecule has 0 radical (unpaired) electrons. The number of carbonyl (C=O) groups is 1. The highest BCUT2D eigenvalue weighted by molar-refractivity contribution is 7.92. The molecule has 0 N–H and O–H groups in total. The number of sulfone groups is 1. The Labute approximate surface area is 118 Å². The van der Waals surface area contributed by atoms with Gasteiger partial charge in [-0.2, -0.15) is 0 Å². The van der Waals surface area contributed by atoms with Crippen LogP contribution in [0.2, 0.25) is 0 Å². The van der Waals surface area contributed by atoms with Gasteiger partial charge >= 0.3 is 0 Å². The summed E-state index contributed by atoms with van der Waals surface area (Å²) in [4.78, 5) is 11.8. The third kappa shape index (κ3) is 2.36. The maximum atomic E-state index is 12.6. The van der Waals surface area contributed by atoms with Crippen LogP contribution in [-0.4, -0.2) is 19.5 Å². The molecule has 1 fully saturated rings. The monoisotopic (exact) mass is 288 g/mol. The zero-order valence-electron chi connectivity index (χ0n) is 11.1. The molecule has 1 unspecified atom stereocenters. The lowest BCUT2D eigenvalue weighted by Crippen LogP contribution is -2.28. The summed E-state index contributed by atoms with van der Waals surface area (Å²) >= 11 is 0. The largest absolute Gasteiger partial charge is 0.300 e. The van der Waals surface area contributed by atoms with Gasteiger partial charge in [0.05, 0.1) is 10.1 Å². The molecule has 0 aliphatic heterocycles. The fraction of sp³-hybridized carbons (Fsp3) is 0.312. The van der Waals surface area contributed by atoms with E-state index >= 15 is 0 Å². The molecule has 0 aromatic heterocycles. The van der Waals surface area contributed by atoms with E-state index < -0.39 is 15.1 Å². The smallest absolute Gasteiger partial charge is 0.181 e. The summed E-state index contributed by atoms with van der Waals surface area (Å²) in [5.41, 5.74) is 0. The fourth-order valence-corrected chi connectivity index (χ4v) is 4.60. The topological polar surface area (TPSA) is 51.2 Å². The Morgan fingerprint density at radius 3 is 2.50 bits per heavy atom. The first-order valence-corrected chi connectivity index (χ1v) is 8.36. The van der Waals surface area contributed by atoms with Crippen molar-refractivity contribution in [1.29, 1.82) is 0 Å². The third-order valence-corrected chi connectivity index (χ3v) is 6.12. The second kappa shape index (κ2) is 5.02. The second-order valence-electron chi connectivity index (χ2n) is 5.31. The molecule has 20 heavy (non-hydrogen) atoms. The number of hydrogen-bond donors (Lipinski definition) is 0. The number of hydrogen-bond acceptors (Lipinski definition) is 3. The predicted octanol–water partition coefficient (Wildman–Crippen LogP) is 3.13. The van der Waals surface area contributed by atoms with Crippen molar-refractivity contribution < 1.29 is 13.2 Å². The molecule has 4 heteroatoms. The van der Waals surface area contributed by atoms with E-state index in [4.69, 9.17) is 0 Å². The van der Waals surface area contributed by atoms with Gasteiger partial charge in [-0.15, -0.1) is 0 Å². The SMILES string of the molecule is O=C1CCCC(S(=O)(=O)c2ccc3ccccc3c2)C1. The van der Waals surface area contributed by atoms with Crippen LogP contribution >= 0.6 is 0 Å². The molecule has 1 aliphatic rings. The van der Waals surface area contributed by atoms with E-state index in [1.807, 2.05) is 30.3 Å². The minimum atomic E-state index is -3.41. The van der Waals surface area contributed by atoms with E-state index in [0.717, 1.165) is 10.8 Å². The minimum absolute atomic E-state index is 0.0608. The lowest BCUT2D eigenvalue weighted by Gasteiger charge is -2.21. The van der Waals surface area contributed by atoms with E-state index in [1.54, 1.807) is 12.1 Å². The quantitative estimate of drug-likeness (QED) is 0.853. The van der Waals surface area contributed by atoms with Gasteiger partial charge < -0.3 is 0 Å². The summed E-state index contributed by atoms with van der Waals surface area (Å²) < 4.78 is 25.2. The number of rotatable bonds is 2. The first-order valence-electron chi connectivity index (χ1n) is 6.82. The van der Waals surface area contributed by atoms with Crippen LogP contribution < -0.4 is 0 Å². The fourth-order valence-electron chi connectivity index (χ4n) is 2.79. The molecule has 1 aliphatic carbocycles. The molecule has 0 bridgehead atoms. The van der Waals surface area contributed by atoms with E-state index in [2.05, 4.69) is 0 Å². The molecular formula is C16H16O3S. The summed E-state index contributed by atoms with van der Waals surface area (Å²) in [5, 5.41) is 1.38. The molecule has 3 nitrogen and oxygen atoms in total. The van der Waals surface area contributed by atoms with Crippen LogP contribution in [0.3, 0.4) is 0 Å². The van der Waals surface area contributed by atoms with Crippen molar-refractivity contribution in [2.45, 2.75) is 35.8 Å². The van der Waals surface area contributed by atoms with Gasteiger partial charge in [0, 0.05) is 12.8 Å². The second-order valence-corrected chi connectivity index (χ2v) is 7.54. The first kappa shape index (κ1) is 13.3. The van der Waals surface area contributed by atoms with E-state index in [0.29, 0.717) is 24.2 Å². The van der Waals surface area contributed by atoms with Crippen LogP contribution in [0, 0.1) is 0 Å². The van der Waals surface area contributed by atoms with Crippen LogP contribution in [-0.2, 0) is 14.6 Å². The Morgan fingerprint density at radius 2 is 1.75 bits per heavy atom. The Morgan fingerprint density at radius 1 is 1.00 bits per heavy atom. The van der Waals surface area contributed by atoms with Crippen molar-refractivity contribution in [1.82, 2.24) is 0 Å². The molecule has 0 heterocycles. The summed E-state index contributed by atoms with van der Waals surface area (Å²) in [5.74, 6) is 0.0608. The van der Waals surface area contributed by atoms with Crippen molar-refractivity contribution >= 4 is 26.4 Å². The van der Waals surface area contributed by atoms with E-state index in [1.165, 1.54) is 0 Å². The maximum Gasteiger partial charge on any atom is 0.181 e. The highest BCUT2D eigenvalue weighted by Gasteiger charge is 2.32. The predicted molar refractivity (Wildman–Crippen MR) is 78.4 cm³/mol. The van der Waals surface area contributed by atoms with Gasteiger partial charge in [-0.3, -0.25) is 4.79 Å². The van der Waals surface area contributed by atoms with Gasteiger partial charge in [-0.25, -0.2) is 8.42 Å². The molecule has 0 spiro atoms. The van der Waals surface area contributed by atoms with Crippen molar-refractivity contribution in [3.8, 4) is 0 Å². The molecule has 2 aromatic carbocycles. The van der Waals surface area contributed by atoms with Crippen LogP contribution in [0.4, 0.5) is 0 Å². The summed E-state index contributed by atoms with van der Waals surface area (Å²) in [7, 11) is -3.41. The van der Waals surface area contributed by atoms with E-state index in [-0.39, 0.29) is 12.2 Å². The number of benzene rings is 2. The van der Waals surface area contributed by atoms with Gasteiger partial charge in [0.25, 0.3) is 0 Å². The summed E-state index contributed by atoms with van der Waals surface area (Å²) in [6.45, 7) is 0. The van der Waals surface area contributed by atoms with Crippen LogP contribution in [0.5, 0.6) is 0 Å².